The summed E-state index contributed by atoms with van der Waals surface area (Å²) in [6, 6.07) is 0. The van der Waals surface area contributed by atoms with Crippen LogP contribution in [0.2, 0.25) is 0 Å². The number of hydrogen-bond acceptors (Lipinski definition) is 3. The Morgan fingerprint density at radius 3 is 2.77 bits per heavy atom. The maximum atomic E-state index is 12.7. The molecule has 0 spiro atoms. The van der Waals surface area contributed by atoms with Crippen LogP contribution in [0.5, 0.6) is 0 Å². The van der Waals surface area contributed by atoms with Crippen LogP contribution in [0.15, 0.2) is 0 Å². The monoisotopic (exact) mass is 195 g/mol. The molecule has 0 aliphatic carbocycles. The number of piperidine rings is 1. The van der Waals surface area contributed by atoms with Gasteiger partial charge in [0.15, 0.2) is 0 Å². The maximum absolute atomic E-state index is 12.7. The number of aliphatic hydroxyl groups excluding tert-OH is 1. The Balaban J connectivity index is 2.56. The van der Waals surface area contributed by atoms with E-state index >= 15 is 0 Å². The van der Waals surface area contributed by atoms with Crippen molar-refractivity contribution in [3.63, 3.8) is 0 Å². The van der Waals surface area contributed by atoms with E-state index in [9.17, 15) is 13.6 Å². The molecule has 1 atom stereocenters. The van der Waals surface area contributed by atoms with Gasteiger partial charge in [-0.1, -0.05) is 0 Å². The van der Waals surface area contributed by atoms with Crippen LogP contribution in [0, 0.1) is 0 Å². The van der Waals surface area contributed by atoms with Gasteiger partial charge in [-0.3, -0.25) is 0 Å². The first-order valence-electron chi connectivity index (χ1n) is 3.86. The van der Waals surface area contributed by atoms with E-state index in [0.29, 0.717) is 0 Å². The molecule has 0 aromatic carbocycles. The molecule has 4 nitrogen and oxygen atoms in total. The van der Waals surface area contributed by atoms with E-state index in [1.807, 2.05) is 0 Å². The number of hydrogen-bond donors (Lipinski definition) is 1. The van der Waals surface area contributed by atoms with Crippen molar-refractivity contribution in [1.82, 2.24) is 4.90 Å². The first-order chi connectivity index (χ1) is 5.97. The summed E-state index contributed by atoms with van der Waals surface area (Å²) in [7, 11) is 1.17. The fourth-order valence-corrected chi connectivity index (χ4v) is 1.18. The van der Waals surface area contributed by atoms with Crippen LogP contribution in [-0.4, -0.2) is 48.3 Å². The largest absolute Gasteiger partial charge is 0.453 e. The summed E-state index contributed by atoms with van der Waals surface area (Å²) in [6.45, 7) is -0.462. The predicted molar refractivity (Wildman–Crippen MR) is 39.5 cm³/mol. The van der Waals surface area contributed by atoms with Crippen LogP contribution in [-0.2, 0) is 4.74 Å². The standard InChI is InChI=1S/C7H11F2NO3/c1-13-6(12)10-3-2-7(8,9)5(11)4-10/h5,11H,2-4H2,1H3. The Kier molecular flexibility index (Phi) is 2.70. The number of nitrogens with zero attached hydrogens (tertiary/aromatic N) is 1. The third kappa shape index (κ3) is 2.06. The third-order valence-corrected chi connectivity index (χ3v) is 2.03. The van der Waals surface area contributed by atoms with Crippen LogP contribution in [0.4, 0.5) is 13.6 Å². The van der Waals surface area contributed by atoms with Gasteiger partial charge in [-0.15, -0.1) is 0 Å². The third-order valence-electron chi connectivity index (χ3n) is 2.03. The molecule has 1 fully saturated rings. The van der Waals surface area contributed by atoms with Crippen LogP contribution in [0.3, 0.4) is 0 Å². The zero-order valence-electron chi connectivity index (χ0n) is 7.17. The van der Waals surface area contributed by atoms with E-state index in [0.717, 1.165) is 4.90 Å². The molecule has 1 amide bonds. The number of amides is 1. The molecule has 1 aliphatic heterocycles. The molecule has 76 valence electrons. The highest BCUT2D eigenvalue weighted by Crippen LogP contribution is 2.28. The van der Waals surface area contributed by atoms with Crippen LogP contribution in [0.1, 0.15) is 6.42 Å². The molecule has 0 radical (unpaired) electrons. The highest BCUT2D eigenvalue weighted by molar-refractivity contribution is 5.67. The van der Waals surface area contributed by atoms with Crippen molar-refractivity contribution in [3.8, 4) is 0 Å². The first-order valence-corrected chi connectivity index (χ1v) is 3.86. The molecule has 1 aliphatic rings. The normalized spacial score (nSPS) is 27.1. The number of rotatable bonds is 0. The summed E-state index contributed by atoms with van der Waals surface area (Å²) in [5, 5.41) is 8.95. The van der Waals surface area contributed by atoms with Crippen molar-refractivity contribution in [2.75, 3.05) is 20.2 Å². The van der Waals surface area contributed by atoms with Gasteiger partial charge in [0.1, 0.15) is 6.10 Å². The van der Waals surface area contributed by atoms with Gasteiger partial charge in [-0.2, -0.15) is 0 Å². The average molecular weight is 195 g/mol. The highest BCUT2D eigenvalue weighted by Gasteiger charge is 2.44. The summed E-state index contributed by atoms with van der Waals surface area (Å²) >= 11 is 0. The zero-order valence-corrected chi connectivity index (χ0v) is 7.17. The molecule has 0 bridgehead atoms. The molecule has 1 rings (SSSR count). The smallest absolute Gasteiger partial charge is 0.409 e. The molecule has 1 heterocycles. The first kappa shape index (κ1) is 10.2. The Hall–Kier alpha value is -0.910. The van der Waals surface area contributed by atoms with Crippen molar-refractivity contribution in [2.45, 2.75) is 18.4 Å². The topological polar surface area (TPSA) is 49.8 Å². The number of methoxy groups -OCH3 is 1. The number of ether oxygens (including phenoxy) is 1. The second-order valence-electron chi connectivity index (χ2n) is 2.94. The molecule has 0 saturated carbocycles. The summed E-state index contributed by atoms with van der Waals surface area (Å²) in [6.07, 6.45) is -3.00. The molecule has 13 heavy (non-hydrogen) atoms. The second-order valence-corrected chi connectivity index (χ2v) is 2.94. The van der Waals surface area contributed by atoms with E-state index in [1.54, 1.807) is 0 Å². The second kappa shape index (κ2) is 3.45. The van der Waals surface area contributed by atoms with E-state index in [4.69, 9.17) is 5.11 Å². The fraction of sp³-hybridized carbons (Fsp3) is 0.857. The molecule has 0 aromatic heterocycles. The van der Waals surface area contributed by atoms with E-state index < -0.39 is 24.5 Å². The van der Waals surface area contributed by atoms with E-state index in [2.05, 4.69) is 4.74 Å². The Morgan fingerprint density at radius 2 is 2.31 bits per heavy atom. The molecular weight excluding hydrogens is 184 g/mol. The molecule has 1 saturated heterocycles. The number of carbonyl (C=O) groups excluding carboxylic acids is 1. The Bertz CT molecular complexity index is 210. The van der Waals surface area contributed by atoms with Gasteiger partial charge in [-0.05, 0) is 0 Å². The lowest BCUT2D eigenvalue weighted by atomic mass is 10.0. The molecular formula is C7H11F2NO3. The van der Waals surface area contributed by atoms with E-state index in [1.165, 1.54) is 7.11 Å². The Labute approximate surface area is 74.1 Å². The minimum absolute atomic E-state index is 0.0866. The lowest BCUT2D eigenvalue weighted by molar-refractivity contribution is -0.142. The molecule has 0 aromatic rings. The minimum atomic E-state index is -3.09. The summed E-state index contributed by atoms with van der Waals surface area (Å²) in [5.41, 5.74) is 0. The van der Waals surface area contributed by atoms with Gasteiger partial charge in [0, 0.05) is 13.0 Å². The highest BCUT2D eigenvalue weighted by atomic mass is 19.3. The van der Waals surface area contributed by atoms with Crippen molar-refractivity contribution in [2.24, 2.45) is 0 Å². The van der Waals surface area contributed by atoms with Gasteiger partial charge >= 0.3 is 6.09 Å². The fourth-order valence-electron chi connectivity index (χ4n) is 1.18. The van der Waals surface area contributed by atoms with Gasteiger partial charge in [-0.25, -0.2) is 13.6 Å². The lowest BCUT2D eigenvalue weighted by Gasteiger charge is -2.34. The van der Waals surface area contributed by atoms with Crippen molar-refractivity contribution >= 4 is 6.09 Å². The number of alkyl halides is 2. The lowest BCUT2D eigenvalue weighted by Crippen LogP contribution is -2.52. The predicted octanol–water partition coefficient (Wildman–Crippen LogP) is 0.455. The summed E-state index contributed by atoms with van der Waals surface area (Å²) in [4.78, 5) is 11.9. The number of halogens is 2. The molecule has 1 N–H and O–H groups in total. The minimum Gasteiger partial charge on any atom is -0.453 e. The van der Waals surface area contributed by atoms with Gasteiger partial charge < -0.3 is 14.7 Å². The number of aliphatic hydroxyl groups is 1. The van der Waals surface area contributed by atoms with Gasteiger partial charge in [0.05, 0.1) is 13.7 Å². The van der Waals surface area contributed by atoms with Crippen LogP contribution >= 0.6 is 0 Å². The average Bonchev–Trinajstić information content (AvgIpc) is 2.08. The zero-order chi connectivity index (χ0) is 10.1. The van der Waals surface area contributed by atoms with Crippen LogP contribution < -0.4 is 0 Å². The van der Waals surface area contributed by atoms with Gasteiger partial charge in [0.25, 0.3) is 5.92 Å². The number of likely N-dealkylation sites (tertiary alicyclic amines) is 1. The molecule has 6 heteroatoms. The van der Waals surface area contributed by atoms with Crippen molar-refractivity contribution in [3.05, 3.63) is 0 Å². The van der Waals surface area contributed by atoms with Gasteiger partial charge in [0.2, 0.25) is 0 Å². The SMILES string of the molecule is COC(=O)N1CCC(F)(F)C(O)C1. The van der Waals surface area contributed by atoms with Crippen molar-refractivity contribution in [1.29, 1.82) is 0 Å². The quantitative estimate of drug-likeness (QED) is 0.610. The van der Waals surface area contributed by atoms with E-state index in [-0.39, 0.29) is 13.1 Å². The Morgan fingerprint density at radius 1 is 1.69 bits per heavy atom. The van der Waals surface area contributed by atoms with Crippen LogP contribution in [0.25, 0.3) is 0 Å². The summed E-state index contributed by atoms with van der Waals surface area (Å²) in [5.74, 6) is -3.09. The summed E-state index contributed by atoms with van der Waals surface area (Å²) < 4.78 is 29.8. The van der Waals surface area contributed by atoms with Crippen molar-refractivity contribution < 1.29 is 23.4 Å². The number of carbonyl (C=O) groups is 1. The molecule has 1 unspecified atom stereocenters. The maximum Gasteiger partial charge on any atom is 0.409 e. The number of β-amino-alcohol motifs (C(OH)–C–C–N with tert-alkyl or cyclic N) is 1.